The van der Waals surface area contributed by atoms with E-state index in [1.54, 1.807) is 6.20 Å². The van der Waals surface area contributed by atoms with Crippen molar-refractivity contribution in [2.45, 2.75) is 45.3 Å². The van der Waals surface area contributed by atoms with Crippen LogP contribution in [-0.2, 0) is 19.5 Å². The van der Waals surface area contributed by atoms with Gasteiger partial charge < -0.3 is 9.88 Å². The van der Waals surface area contributed by atoms with Gasteiger partial charge in [-0.25, -0.2) is 15.0 Å². The lowest BCUT2D eigenvalue weighted by Gasteiger charge is -2.25. The Balaban J connectivity index is 1.54. The van der Waals surface area contributed by atoms with Crippen molar-refractivity contribution < 1.29 is 0 Å². The van der Waals surface area contributed by atoms with Crippen LogP contribution in [0.15, 0.2) is 43.1 Å². The smallest absolute Gasteiger partial charge is 0.160 e. The molecule has 0 fully saturated rings. The van der Waals surface area contributed by atoms with E-state index in [1.165, 1.54) is 5.56 Å². The second-order valence-electron chi connectivity index (χ2n) is 6.29. The standard InChI is InChI=1S/C19H22N6/c1-2-25-10-9-21-18(25)13-22-16-6-3-7-17-15(16)12-23-19(24-17)14-5-4-8-20-11-14/h4-5,8-12,16,22H,2-3,6-7,13H2,1H3. The molecule has 0 radical (unpaired) electrons. The van der Waals surface area contributed by atoms with Crippen LogP contribution < -0.4 is 5.32 Å². The molecule has 0 amide bonds. The summed E-state index contributed by atoms with van der Waals surface area (Å²) in [5.41, 5.74) is 3.33. The van der Waals surface area contributed by atoms with E-state index in [2.05, 4.69) is 31.8 Å². The topological polar surface area (TPSA) is 68.5 Å². The second kappa shape index (κ2) is 7.11. The molecule has 0 aromatic carbocycles. The number of nitrogens with one attached hydrogen (secondary N) is 1. The van der Waals surface area contributed by atoms with Crippen molar-refractivity contribution in [1.82, 2.24) is 29.8 Å². The molecule has 4 rings (SSSR count). The minimum Gasteiger partial charge on any atom is -0.334 e. The highest BCUT2D eigenvalue weighted by atomic mass is 15.1. The summed E-state index contributed by atoms with van der Waals surface area (Å²) in [5.74, 6) is 1.83. The SMILES string of the molecule is CCn1ccnc1CNC1CCCc2nc(-c3cccnc3)ncc21. The van der Waals surface area contributed by atoms with E-state index in [0.717, 1.165) is 55.3 Å². The van der Waals surface area contributed by atoms with Gasteiger partial charge in [0.2, 0.25) is 0 Å². The van der Waals surface area contributed by atoms with E-state index < -0.39 is 0 Å². The van der Waals surface area contributed by atoms with Gasteiger partial charge in [0.25, 0.3) is 0 Å². The van der Waals surface area contributed by atoms with Gasteiger partial charge in [0, 0.05) is 60.4 Å². The fourth-order valence-electron chi connectivity index (χ4n) is 3.40. The summed E-state index contributed by atoms with van der Waals surface area (Å²) in [7, 11) is 0. The minimum atomic E-state index is 0.286. The third-order valence-corrected chi connectivity index (χ3v) is 4.75. The first-order chi connectivity index (χ1) is 12.3. The van der Waals surface area contributed by atoms with Crippen molar-refractivity contribution in [2.75, 3.05) is 0 Å². The van der Waals surface area contributed by atoms with Crippen molar-refractivity contribution in [3.05, 3.63) is 60.2 Å². The van der Waals surface area contributed by atoms with E-state index in [0.29, 0.717) is 0 Å². The molecule has 1 atom stereocenters. The first-order valence-electron chi connectivity index (χ1n) is 8.84. The molecule has 1 N–H and O–H groups in total. The van der Waals surface area contributed by atoms with Gasteiger partial charge in [0.1, 0.15) is 5.82 Å². The summed E-state index contributed by atoms with van der Waals surface area (Å²) < 4.78 is 2.17. The van der Waals surface area contributed by atoms with Crippen LogP contribution in [-0.4, -0.2) is 24.5 Å². The molecule has 3 aromatic rings. The third-order valence-electron chi connectivity index (χ3n) is 4.75. The Kier molecular flexibility index (Phi) is 4.52. The van der Waals surface area contributed by atoms with Gasteiger partial charge in [0.15, 0.2) is 5.82 Å². The third kappa shape index (κ3) is 3.30. The molecule has 6 heteroatoms. The highest BCUT2D eigenvalue weighted by molar-refractivity contribution is 5.53. The molecule has 0 bridgehead atoms. The maximum atomic E-state index is 4.80. The number of rotatable bonds is 5. The number of aryl methyl sites for hydroxylation is 2. The fraction of sp³-hybridized carbons (Fsp3) is 0.368. The Morgan fingerprint density at radius 1 is 1.24 bits per heavy atom. The number of fused-ring (bicyclic) bond motifs is 1. The molecule has 1 aliphatic rings. The van der Waals surface area contributed by atoms with Crippen LogP contribution in [0, 0.1) is 0 Å². The van der Waals surface area contributed by atoms with Crippen LogP contribution in [0.25, 0.3) is 11.4 Å². The van der Waals surface area contributed by atoms with Gasteiger partial charge in [-0.05, 0) is 38.3 Å². The summed E-state index contributed by atoms with van der Waals surface area (Å²) in [4.78, 5) is 18.0. The quantitative estimate of drug-likeness (QED) is 0.777. The first-order valence-corrected chi connectivity index (χ1v) is 8.84. The van der Waals surface area contributed by atoms with Crippen LogP contribution >= 0.6 is 0 Å². The summed E-state index contributed by atoms with van der Waals surface area (Å²) >= 11 is 0. The predicted octanol–water partition coefficient (Wildman–Crippen LogP) is 2.92. The van der Waals surface area contributed by atoms with Crippen LogP contribution in [0.5, 0.6) is 0 Å². The van der Waals surface area contributed by atoms with E-state index in [1.807, 2.05) is 36.9 Å². The molecule has 6 nitrogen and oxygen atoms in total. The zero-order valence-electron chi connectivity index (χ0n) is 14.4. The number of nitrogens with zero attached hydrogens (tertiary/aromatic N) is 5. The van der Waals surface area contributed by atoms with E-state index in [-0.39, 0.29) is 6.04 Å². The molecule has 1 unspecified atom stereocenters. The van der Waals surface area contributed by atoms with Crippen LogP contribution in [0.3, 0.4) is 0 Å². The van der Waals surface area contributed by atoms with Crippen molar-refractivity contribution >= 4 is 0 Å². The van der Waals surface area contributed by atoms with Crippen LogP contribution in [0.4, 0.5) is 0 Å². The molecule has 0 spiro atoms. The lowest BCUT2D eigenvalue weighted by atomic mass is 9.92. The molecule has 1 aliphatic carbocycles. The van der Waals surface area contributed by atoms with Crippen LogP contribution in [0.1, 0.15) is 42.9 Å². The Labute approximate surface area is 147 Å². The maximum Gasteiger partial charge on any atom is 0.160 e. The maximum absolute atomic E-state index is 4.80. The van der Waals surface area contributed by atoms with E-state index in [4.69, 9.17) is 4.98 Å². The molecule has 3 aromatic heterocycles. The summed E-state index contributed by atoms with van der Waals surface area (Å²) in [6.07, 6.45) is 12.7. The average Bonchev–Trinajstić information content (AvgIpc) is 3.14. The second-order valence-corrected chi connectivity index (χ2v) is 6.29. The van der Waals surface area contributed by atoms with Gasteiger partial charge in [-0.3, -0.25) is 4.98 Å². The van der Waals surface area contributed by atoms with Crippen molar-refractivity contribution in [3.63, 3.8) is 0 Å². The van der Waals surface area contributed by atoms with E-state index >= 15 is 0 Å². The Morgan fingerprint density at radius 3 is 3.04 bits per heavy atom. The lowest BCUT2D eigenvalue weighted by molar-refractivity contribution is 0.441. The number of hydrogen-bond donors (Lipinski definition) is 1. The number of pyridine rings is 1. The van der Waals surface area contributed by atoms with Gasteiger partial charge in [-0.15, -0.1) is 0 Å². The lowest BCUT2D eigenvalue weighted by Crippen LogP contribution is -2.27. The number of imidazole rings is 1. The highest BCUT2D eigenvalue weighted by Gasteiger charge is 2.22. The van der Waals surface area contributed by atoms with Crippen molar-refractivity contribution in [3.8, 4) is 11.4 Å². The van der Waals surface area contributed by atoms with Crippen molar-refractivity contribution in [2.24, 2.45) is 0 Å². The molecule has 0 saturated heterocycles. The first kappa shape index (κ1) is 15.9. The number of aromatic nitrogens is 5. The van der Waals surface area contributed by atoms with Crippen molar-refractivity contribution in [1.29, 1.82) is 0 Å². The minimum absolute atomic E-state index is 0.286. The summed E-state index contributed by atoms with van der Waals surface area (Å²) in [6, 6.07) is 4.20. The molecule has 128 valence electrons. The highest BCUT2D eigenvalue weighted by Crippen LogP contribution is 2.29. The molecule has 0 saturated carbocycles. The normalized spacial score (nSPS) is 16.6. The zero-order chi connectivity index (χ0) is 17.1. The number of hydrogen-bond acceptors (Lipinski definition) is 5. The zero-order valence-corrected chi connectivity index (χ0v) is 14.4. The summed E-state index contributed by atoms with van der Waals surface area (Å²) in [5, 5.41) is 3.64. The largest absolute Gasteiger partial charge is 0.334 e. The Morgan fingerprint density at radius 2 is 2.20 bits per heavy atom. The molecular weight excluding hydrogens is 312 g/mol. The average molecular weight is 334 g/mol. The van der Waals surface area contributed by atoms with Gasteiger partial charge in [0.05, 0.1) is 6.54 Å². The molecule has 0 aliphatic heterocycles. The molecule has 25 heavy (non-hydrogen) atoms. The summed E-state index contributed by atoms with van der Waals surface area (Å²) in [6.45, 7) is 3.83. The van der Waals surface area contributed by atoms with Gasteiger partial charge >= 0.3 is 0 Å². The van der Waals surface area contributed by atoms with Crippen LogP contribution in [0.2, 0.25) is 0 Å². The predicted molar refractivity (Wildman–Crippen MR) is 95.7 cm³/mol. The Bertz CT molecular complexity index is 842. The molecular formula is C19H22N6. The van der Waals surface area contributed by atoms with Gasteiger partial charge in [-0.1, -0.05) is 0 Å². The molecule has 3 heterocycles. The monoisotopic (exact) mass is 334 g/mol. The fourth-order valence-corrected chi connectivity index (χ4v) is 3.40. The van der Waals surface area contributed by atoms with E-state index in [9.17, 15) is 0 Å². The van der Waals surface area contributed by atoms with Gasteiger partial charge in [-0.2, -0.15) is 0 Å². The Hall–Kier alpha value is -2.60.